The number of amides is 1. The van der Waals surface area contributed by atoms with Gasteiger partial charge in [-0.25, -0.2) is 9.67 Å². The van der Waals surface area contributed by atoms with Crippen LogP contribution in [-0.4, -0.2) is 20.7 Å². The highest BCUT2D eigenvalue weighted by molar-refractivity contribution is 5.93. The van der Waals surface area contributed by atoms with Crippen LogP contribution in [0.1, 0.15) is 44.1 Å². The maximum Gasteiger partial charge on any atom is 0.416 e. The molecule has 1 saturated carbocycles. The third kappa shape index (κ3) is 4.37. The Morgan fingerprint density at radius 1 is 1.28 bits per heavy atom. The van der Waals surface area contributed by atoms with E-state index in [1.807, 2.05) is 0 Å². The van der Waals surface area contributed by atoms with E-state index in [1.165, 1.54) is 36.2 Å². The maximum atomic E-state index is 13.0. The third-order valence-corrected chi connectivity index (χ3v) is 4.52. The number of carbonyl (C=O) groups excluding carboxylic acids is 1. The molecule has 3 rings (SSSR count). The minimum absolute atomic E-state index is 0.0803. The first-order valence-corrected chi connectivity index (χ1v) is 8.29. The smallest absolute Gasteiger partial charge is 0.324 e. The first-order valence-electron chi connectivity index (χ1n) is 8.29. The normalized spacial score (nSPS) is 15.5. The largest absolute Gasteiger partial charge is 0.416 e. The number of rotatable bonds is 5. The van der Waals surface area contributed by atoms with Crippen molar-refractivity contribution in [2.45, 2.75) is 44.7 Å². The van der Waals surface area contributed by atoms with Gasteiger partial charge in [-0.1, -0.05) is 25.7 Å². The molecular weight excluding hydrogens is 333 g/mol. The maximum absolute atomic E-state index is 13.0. The van der Waals surface area contributed by atoms with Crippen molar-refractivity contribution in [2.24, 2.45) is 5.92 Å². The quantitative estimate of drug-likeness (QED) is 0.877. The van der Waals surface area contributed by atoms with Crippen LogP contribution in [0.4, 0.5) is 18.9 Å². The lowest BCUT2D eigenvalue weighted by molar-refractivity contribution is -0.137. The molecule has 0 saturated heterocycles. The lowest BCUT2D eigenvalue weighted by Gasteiger charge is -2.15. The Morgan fingerprint density at radius 2 is 2.04 bits per heavy atom. The van der Waals surface area contributed by atoms with Crippen LogP contribution >= 0.6 is 0 Å². The molecule has 0 bridgehead atoms. The van der Waals surface area contributed by atoms with Crippen molar-refractivity contribution in [2.75, 3.05) is 5.32 Å². The summed E-state index contributed by atoms with van der Waals surface area (Å²) < 4.78 is 40.3. The lowest BCUT2D eigenvalue weighted by Crippen LogP contribution is -2.16. The molecule has 1 aromatic heterocycles. The molecule has 1 aromatic carbocycles. The minimum atomic E-state index is -4.48. The fourth-order valence-corrected chi connectivity index (χ4v) is 3.19. The highest BCUT2D eigenvalue weighted by atomic mass is 19.4. The van der Waals surface area contributed by atoms with Crippen molar-refractivity contribution < 1.29 is 18.0 Å². The monoisotopic (exact) mass is 352 g/mol. The summed E-state index contributed by atoms with van der Waals surface area (Å²) in [7, 11) is 0. The Balaban J connectivity index is 1.78. The lowest BCUT2D eigenvalue weighted by atomic mass is 10.0. The molecule has 0 radical (unpaired) electrons. The van der Waals surface area contributed by atoms with Crippen LogP contribution in [-0.2, 0) is 11.0 Å². The molecular formula is C17H19F3N4O. The first kappa shape index (κ1) is 17.4. The van der Waals surface area contributed by atoms with Crippen molar-refractivity contribution in [1.82, 2.24) is 14.8 Å². The number of anilines is 1. The van der Waals surface area contributed by atoms with Crippen LogP contribution in [0.15, 0.2) is 30.9 Å². The zero-order chi connectivity index (χ0) is 17.9. The number of nitrogens with zero attached hydrogens (tertiary/aromatic N) is 3. The molecule has 8 heteroatoms. The van der Waals surface area contributed by atoms with Gasteiger partial charge in [0.1, 0.15) is 12.7 Å². The molecule has 1 aliphatic rings. The number of alkyl halides is 3. The molecule has 134 valence electrons. The molecule has 2 aromatic rings. The molecule has 0 aliphatic heterocycles. The van der Waals surface area contributed by atoms with E-state index in [0.29, 0.717) is 18.0 Å². The van der Waals surface area contributed by atoms with Crippen molar-refractivity contribution in [3.8, 4) is 5.69 Å². The van der Waals surface area contributed by atoms with Crippen LogP contribution in [0, 0.1) is 5.92 Å². The van der Waals surface area contributed by atoms with Gasteiger partial charge in [-0.15, -0.1) is 0 Å². The summed E-state index contributed by atoms with van der Waals surface area (Å²) >= 11 is 0. The van der Waals surface area contributed by atoms with Gasteiger partial charge >= 0.3 is 6.18 Å². The van der Waals surface area contributed by atoms with E-state index in [4.69, 9.17) is 0 Å². The fourth-order valence-electron chi connectivity index (χ4n) is 3.19. The van der Waals surface area contributed by atoms with Gasteiger partial charge in [-0.3, -0.25) is 4.79 Å². The molecule has 0 atom stereocenters. The SMILES string of the molecule is O=C(CCC1CCCC1)Nc1cc(C(F)(F)F)ccc1-n1cncn1. The van der Waals surface area contributed by atoms with Crippen molar-refractivity contribution in [1.29, 1.82) is 0 Å². The molecule has 1 amide bonds. The highest BCUT2D eigenvalue weighted by Crippen LogP contribution is 2.33. The number of aromatic nitrogens is 3. The van der Waals surface area contributed by atoms with Crippen molar-refractivity contribution >= 4 is 11.6 Å². The Bertz CT molecular complexity index is 722. The molecule has 0 unspecified atom stereocenters. The van der Waals surface area contributed by atoms with E-state index in [0.717, 1.165) is 31.4 Å². The zero-order valence-corrected chi connectivity index (χ0v) is 13.6. The number of carbonyl (C=O) groups is 1. The van der Waals surface area contributed by atoms with Gasteiger partial charge in [-0.2, -0.15) is 18.3 Å². The van der Waals surface area contributed by atoms with Gasteiger partial charge in [0.15, 0.2) is 0 Å². The summed E-state index contributed by atoms with van der Waals surface area (Å²) in [5, 5.41) is 6.54. The Labute approximate surface area is 143 Å². The number of halogens is 3. The summed E-state index contributed by atoms with van der Waals surface area (Å²) in [5.41, 5.74) is -0.390. The van der Waals surface area contributed by atoms with Crippen LogP contribution in [0.5, 0.6) is 0 Å². The molecule has 25 heavy (non-hydrogen) atoms. The van der Waals surface area contributed by atoms with E-state index >= 15 is 0 Å². The van der Waals surface area contributed by atoms with Gasteiger partial charge in [0.25, 0.3) is 0 Å². The summed E-state index contributed by atoms with van der Waals surface area (Å²) in [5.74, 6) is 0.259. The zero-order valence-electron chi connectivity index (χ0n) is 13.6. The average Bonchev–Trinajstić information content (AvgIpc) is 3.26. The standard InChI is InChI=1S/C17H19F3N4O/c18-17(19,20)13-6-7-15(24-11-21-10-22-24)14(9-13)23-16(25)8-5-12-3-1-2-4-12/h6-7,9-12H,1-5,8H2,(H,23,25). The second kappa shape index (κ2) is 7.25. The Hall–Kier alpha value is -2.38. The third-order valence-electron chi connectivity index (χ3n) is 4.52. The van der Waals surface area contributed by atoms with Crippen LogP contribution in [0.2, 0.25) is 0 Å². The molecule has 0 spiro atoms. The van der Waals surface area contributed by atoms with Gasteiger partial charge in [-0.05, 0) is 30.5 Å². The fraction of sp³-hybridized carbons (Fsp3) is 0.471. The predicted molar refractivity (Wildman–Crippen MR) is 86.2 cm³/mol. The Kier molecular flexibility index (Phi) is 5.06. The molecule has 5 nitrogen and oxygen atoms in total. The van der Waals surface area contributed by atoms with E-state index in [2.05, 4.69) is 15.4 Å². The molecule has 1 heterocycles. The highest BCUT2D eigenvalue weighted by Gasteiger charge is 2.31. The van der Waals surface area contributed by atoms with Gasteiger partial charge in [0.2, 0.25) is 5.91 Å². The second-order valence-electron chi connectivity index (χ2n) is 6.31. The predicted octanol–water partition coefficient (Wildman–Crippen LogP) is 4.20. The van der Waals surface area contributed by atoms with E-state index < -0.39 is 11.7 Å². The van der Waals surface area contributed by atoms with Crippen molar-refractivity contribution in [3.05, 3.63) is 36.4 Å². The summed E-state index contributed by atoms with van der Waals surface area (Å²) in [6, 6.07) is 3.18. The number of hydrogen-bond acceptors (Lipinski definition) is 3. The molecule has 1 aliphatic carbocycles. The number of nitrogens with one attached hydrogen (secondary N) is 1. The number of hydrogen-bond donors (Lipinski definition) is 1. The molecule has 1 fully saturated rings. The average molecular weight is 352 g/mol. The Morgan fingerprint density at radius 3 is 2.68 bits per heavy atom. The summed E-state index contributed by atoms with van der Waals surface area (Å²) in [4.78, 5) is 16.0. The van der Waals surface area contributed by atoms with E-state index in [9.17, 15) is 18.0 Å². The van der Waals surface area contributed by atoms with Crippen LogP contribution in [0.3, 0.4) is 0 Å². The molecule has 1 N–H and O–H groups in total. The van der Waals surface area contributed by atoms with Gasteiger partial charge < -0.3 is 5.32 Å². The van der Waals surface area contributed by atoms with E-state index in [-0.39, 0.29) is 11.6 Å². The number of benzene rings is 1. The second-order valence-corrected chi connectivity index (χ2v) is 6.31. The first-order chi connectivity index (χ1) is 11.9. The van der Waals surface area contributed by atoms with Gasteiger partial charge in [0, 0.05) is 6.42 Å². The summed E-state index contributed by atoms with van der Waals surface area (Å²) in [6.45, 7) is 0. The minimum Gasteiger partial charge on any atom is -0.324 e. The van der Waals surface area contributed by atoms with Gasteiger partial charge in [0.05, 0.1) is 16.9 Å². The van der Waals surface area contributed by atoms with Crippen LogP contribution < -0.4 is 5.32 Å². The topological polar surface area (TPSA) is 59.8 Å². The van der Waals surface area contributed by atoms with Crippen molar-refractivity contribution in [3.63, 3.8) is 0 Å². The van der Waals surface area contributed by atoms with Crippen LogP contribution in [0.25, 0.3) is 5.69 Å². The van der Waals surface area contributed by atoms with E-state index in [1.54, 1.807) is 0 Å². The summed E-state index contributed by atoms with van der Waals surface area (Å²) in [6.07, 6.45) is 3.88.